The number of hydrogen-bond acceptors (Lipinski definition) is 4. The topological polar surface area (TPSA) is 55.6 Å². The molecule has 0 saturated heterocycles. The molecule has 0 radical (unpaired) electrons. The van der Waals surface area contributed by atoms with Gasteiger partial charge in [-0.25, -0.2) is 4.98 Å². The summed E-state index contributed by atoms with van der Waals surface area (Å²) in [4.78, 5) is 17.8. The standard InChI is InChI=1S/C20H17N3O2S/c1-25-17-9-7-14(8-10-17)18-12-23-16(13-26-20(23)22-18)11-19(24)21-15-5-3-2-4-6-15/h2-10,12-13H,11H2,1H3,(H,21,24). The number of benzene rings is 2. The van der Waals surface area contributed by atoms with Crippen LogP contribution in [0, 0.1) is 0 Å². The average molecular weight is 363 g/mol. The fraction of sp³-hybridized carbons (Fsp3) is 0.100. The van der Waals surface area contributed by atoms with E-state index < -0.39 is 0 Å². The van der Waals surface area contributed by atoms with Crippen molar-refractivity contribution in [2.45, 2.75) is 6.42 Å². The number of para-hydroxylation sites is 1. The predicted octanol–water partition coefficient (Wildman–Crippen LogP) is 4.25. The Morgan fingerprint density at radius 1 is 1.15 bits per heavy atom. The number of nitrogens with zero attached hydrogens (tertiary/aromatic N) is 2. The van der Waals surface area contributed by atoms with Crippen molar-refractivity contribution in [3.63, 3.8) is 0 Å². The van der Waals surface area contributed by atoms with Gasteiger partial charge in [-0.1, -0.05) is 18.2 Å². The summed E-state index contributed by atoms with van der Waals surface area (Å²) in [5.41, 5.74) is 3.62. The lowest BCUT2D eigenvalue weighted by molar-refractivity contribution is -0.115. The molecule has 2 heterocycles. The lowest BCUT2D eigenvalue weighted by Crippen LogP contribution is -2.15. The van der Waals surface area contributed by atoms with Crippen LogP contribution in [0.25, 0.3) is 16.2 Å². The number of amides is 1. The third-order valence-electron chi connectivity index (χ3n) is 4.07. The largest absolute Gasteiger partial charge is 0.497 e. The highest BCUT2D eigenvalue weighted by Crippen LogP contribution is 2.25. The SMILES string of the molecule is COc1ccc(-c2cn3c(CC(=O)Nc4ccccc4)csc3n2)cc1. The number of fused-ring (bicyclic) bond motifs is 1. The van der Waals surface area contributed by atoms with E-state index >= 15 is 0 Å². The molecule has 0 saturated carbocycles. The molecule has 0 spiro atoms. The van der Waals surface area contributed by atoms with Crippen LogP contribution in [0.3, 0.4) is 0 Å². The van der Waals surface area contributed by atoms with Gasteiger partial charge in [0.25, 0.3) is 0 Å². The minimum absolute atomic E-state index is 0.0457. The zero-order chi connectivity index (χ0) is 17.9. The van der Waals surface area contributed by atoms with E-state index in [4.69, 9.17) is 4.74 Å². The molecule has 130 valence electrons. The average Bonchev–Trinajstić information content (AvgIpc) is 3.25. The number of hydrogen-bond donors (Lipinski definition) is 1. The van der Waals surface area contributed by atoms with Gasteiger partial charge in [0, 0.05) is 28.5 Å². The van der Waals surface area contributed by atoms with Crippen LogP contribution in [0.1, 0.15) is 5.69 Å². The lowest BCUT2D eigenvalue weighted by Gasteiger charge is -2.04. The number of methoxy groups -OCH3 is 1. The van der Waals surface area contributed by atoms with Gasteiger partial charge in [-0.15, -0.1) is 11.3 Å². The van der Waals surface area contributed by atoms with Crippen LogP contribution in [0.15, 0.2) is 66.2 Å². The maximum absolute atomic E-state index is 12.3. The van der Waals surface area contributed by atoms with Gasteiger partial charge in [0.2, 0.25) is 5.91 Å². The van der Waals surface area contributed by atoms with Crippen molar-refractivity contribution in [1.29, 1.82) is 0 Å². The smallest absolute Gasteiger partial charge is 0.230 e. The molecule has 0 aliphatic rings. The van der Waals surface area contributed by atoms with Crippen LogP contribution >= 0.6 is 11.3 Å². The van der Waals surface area contributed by atoms with Gasteiger partial charge in [0.15, 0.2) is 4.96 Å². The molecule has 0 fully saturated rings. The first kappa shape index (κ1) is 16.4. The Balaban J connectivity index is 1.55. The normalized spacial score (nSPS) is 10.8. The van der Waals surface area contributed by atoms with Crippen LogP contribution in [0.4, 0.5) is 5.69 Å². The number of ether oxygens (including phenoxy) is 1. The van der Waals surface area contributed by atoms with Gasteiger partial charge < -0.3 is 10.1 Å². The van der Waals surface area contributed by atoms with E-state index in [1.54, 1.807) is 7.11 Å². The second-order valence-corrected chi connectivity index (χ2v) is 6.66. The first-order valence-corrected chi connectivity index (χ1v) is 9.06. The third kappa shape index (κ3) is 3.32. The Bertz CT molecular complexity index is 1040. The predicted molar refractivity (Wildman–Crippen MR) is 104 cm³/mol. The third-order valence-corrected chi connectivity index (χ3v) is 4.96. The molecule has 1 N–H and O–H groups in total. The molecule has 2 aromatic heterocycles. The van der Waals surface area contributed by atoms with Gasteiger partial charge >= 0.3 is 0 Å². The molecule has 6 heteroatoms. The van der Waals surface area contributed by atoms with Crippen molar-refractivity contribution in [2.75, 3.05) is 12.4 Å². The molecule has 2 aromatic carbocycles. The van der Waals surface area contributed by atoms with Crippen molar-refractivity contribution >= 4 is 27.9 Å². The van der Waals surface area contributed by atoms with Crippen molar-refractivity contribution in [3.05, 3.63) is 71.9 Å². The first-order chi connectivity index (χ1) is 12.7. The van der Waals surface area contributed by atoms with Crippen LogP contribution in [-0.2, 0) is 11.2 Å². The van der Waals surface area contributed by atoms with E-state index in [1.807, 2.05) is 70.6 Å². The van der Waals surface area contributed by atoms with Gasteiger partial charge in [-0.05, 0) is 36.4 Å². The molecule has 0 bridgehead atoms. The molecule has 26 heavy (non-hydrogen) atoms. The van der Waals surface area contributed by atoms with E-state index in [2.05, 4.69) is 10.3 Å². The summed E-state index contributed by atoms with van der Waals surface area (Å²) >= 11 is 1.53. The Hall–Kier alpha value is -3.12. The van der Waals surface area contributed by atoms with E-state index in [9.17, 15) is 4.79 Å². The Morgan fingerprint density at radius 3 is 2.65 bits per heavy atom. The molecule has 5 nitrogen and oxygen atoms in total. The Kier molecular flexibility index (Phi) is 4.41. The number of nitrogens with one attached hydrogen (secondary N) is 1. The fourth-order valence-corrected chi connectivity index (χ4v) is 3.62. The first-order valence-electron chi connectivity index (χ1n) is 8.18. The van der Waals surface area contributed by atoms with Crippen LogP contribution in [0.5, 0.6) is 5.75 Å². The van der Waals surface area contributed by atoms with Crippen molar-refractivity contribution in [1.82, 2.24) is 9.38 Å². The molecule has 4 rings (SSSR count). The summed E-state index contributed by atoms with van der Waals surface area (Å²) in [6.07, 6.45) is 2.27. The number of carbonyl (C=O) groups excluding carboxylic acids is 1. The lowest BCUT2D eigenvalue weighted by atomic mass is 10.2. The molecule has 1 amide bonds. The van der Waals surface area contributed by atoms with Gasteiger partial charge in [0.05, 0.1) is 19.2 Å². The highest BCUT2D eigenvalue weighted by molar-refractivity contribution is 7.15. The summed E-state index contributed by atoms with van der Waals surface area (Å²) < 4.78 is 7.17. The van der Waals surface area contributed by atoms with Gasteiger partial charge in [-0.3, -0.25) is 9.20 Å². The number of carbonyl (C=O) groups is 1. The summed E-state index contributed by atoms with van der Waals surface area (Å²) in [7, 11) is 1.65. The molecule has 0 atom stereocenters. The van der Waals surface area contributed by atoms with Crippen molar-refractivity contribution < 1.29 is 9.53 Å². The maximum Gasteiger partial charge on any atom is 0.230 e. The second-order valence-electron chi connectivity index (χ2n) is 5.83. The van der Waals surface area contributed by atoms with Crippen LogP contribution in [0.2, 0.25) is 0 Å². The summed E-state index contributed by atoms with van der Waals surface area (Å²) in [5, 5.41) is 4.89. The summed E-state index contributed by atoms with van der Waals surface area (Å²) in [6.45, 7) is 0. The summed E-state index contributed by atoms with van der Waals surface area (Å²) in [5.74, 6) is 0.767. The van der Waals surface area contributed by atoms with Crippen molar-refractivity contribution in [3.8, 4) is 17.0 Å². The zero-order valence-electron chi connectivity index (χ0n) is 14.2. The minimum Gasteiger partial charge on any atom is -0.497 e. The molecule has 0 aliphatic carbocycles. The zero-order valence-corrected chi connectivity index (χ0v) is 15.0. The van der Waals surface area contributed by atoms with Crippen molar-refractivity contribution in [2.24, 2.45) is 0 Å². The van der Waals surface area contributed by atoms with Gasteiger partial charge in [0.1, 0.15) is 5.75 Å². The number of imidazole rings is 1. The quantitative estimate of drug-likeness (QED) is 0.577. The molecular formula is C20H17N3O2S. The highest BCUT2D eigenvalue weighted by atomic mass is 32.1. The van der Waals surface area contributed by atoms with Gasteiger partial charge in [-0.2, -0.15) is 0 Å². The van der Waals surface area contributed by atoms with E-state index in [0.717, 1.165) is 33.3 Å². The molecule has 4 aromatic rings. The van der Waals surface area contributed by atoms with Crippen LogP contribution < -0.4 is 10.1 Å². The van der Waals surface area contributed by atoms with E-state index in [-0.39, 0.29) is 5.91 Å². The Labute approximate surface area is 154 Å². The number of thiazole rings is 1. The maximum atomic E-state index is 12.3. The molecule has 0 unspecified atom stereocenters. The Morgan fingerprint density at radius 2 is 1.92 bits per heavy atom. The monoisotopic (exact) mass is 363 g/mol. The van der Waals surface area contributed by atoms with E-state index in [0.29, 0.717) is 6.42 Å². The number of aromatic nitrogens is 2. The fourth-order valence-electron chi connectivity index (χ4n) is 2.75. The number of rotatable bonds is 5. The minimum atomic E-state index is -0.0457. The number of anilines is 1. The van der Waals surface area contributed by atoms with Crippen LogP contribution in [-0.4, -0.2) is 22.4 Å². The molecular weight excluding hydrogens is 346 g/mol. The highest BCUT2D eigenvalue weighted by Gasteiger charge is 2.13. The second kappa shape index (κ2) is 7.01. The molecule has 0 aliphatic heterocycles. The van der Waals surface area contributed by atoms with E-state index in [1.165, 1.54) is 11.3 Å². The summed E-state index contributed by atoms with van der Waals surface area (Å²) in [6, 6.07) is 17.3.